The Morgan fingerprint density at radius 3 is 2.39 bits per heavy atom. The van der Waals surface area contributed by atoms with Crippen LogP contribution in [0.1, 0.15) is 46.1 Å². The standard InChI is InChI=1S/C23H28FN3O/c1-7-14-27(15-18-8-10-19(24)11-9-18)22(28)20(16(2)3)17(4)21(25-6)26-23(5)12-13-23/h1,8-11,26H,6,12-15H2,2-5H3/b21-17-. The van der Waals surface area contributed by atoms with Gasteiger partial charge in [0.25, 0.3) is 5.91 Å². The fraction of sp³-hybridized carbons (Fsp3) is 0.391. The van der Waals surface area contributed by atoms with Crippen LogP contribution in [-0.2, 0) is 11.3 Å². The van der Waals surface area contributed by atoms with E-state index in [1.54, 1.807) is 17.0 Å². The number of hydrogen-bond donors (Lipinski definition) is 1. The molecule has 1 aromatic carbocycles. The van der Waals surface area contributed by atoms with Gasteiger partial charge in [-0.25, -0.2) is 9.38 Å². The van der Waals surface area contributed by atoms with E-state index in [1.165, 1.54) is 12.1 Å². The summed E-state index contributed by atoms with van der Waals surface area (Å²) in [6, 6.07) is 6.06. The van der Waals surface area contributed by atoms with Gasteiger partial charge in [-0.3, -0.25) is 4.79 Å². The van der Waals surface area contributed by atoms with Crippen LogP contribution in [0.4, 0.5) is 4.39 Å². The summed E-state index contributed by atoms with van der Waals surface area (Å²) < 4.78 is 13.2. The molecule has 1 fully saturated rings. The van der Waals surface area contributed by atoms with Gasteiger partial charge >= 0.3 is 0 Å². The van der Waals surface area contributed by atoms with Gasteiger partial charge in [-0.1, -0.05) is 23.6 Å². The Balaban J connectivity index is 2.35. The van der Waals surface area contributed by atoms with Gasteiger partial charge in [0.1, 0.15) is 11.6 Å². The normalized spacial score (nSPS) is 15.0. The molecule has 1 aromatic rings. The quantitative estimate of drug-likeness (QED) is 0.317. The number of allylic oxidation sites excluding steroid dienone is 1. The van der Waals surface area contributed by atoms with Crippen LogP contribution in [0.15, 0.2) is 51.8 Å². The van der Waals surface area contributed by atoms with Crippen molar-refractivity contribution in [3.63, 3.8) is 0 Å². The summed E-state index contributed by atoms with van der Waals surface area (Å²) in [5.41, 5.74) is 3.00. The molecule has 1 aliphatic rings. The number of carbonyl (C=O) groups is 1. The monoisotopic (exact) mass is 381 g/mol. The van der Waals surface area contributed by atoms with Gasteiger partial charge < -0.3 is 10.2 Å². The molecule has 0 aliphatic heterocycles. The second-order valence-corrected chi connectivity index (χ2v) is 7.68. The number of hydrogen-bond acceptors (Lipinski definition) is 3. The second kappa shape index (κ2) is 8.88. The van der Waals surface area contributed by atoms with E-state index in [0.717, 1.165) is 29.6 Å². The maximum absolute atomic E-state index is 13.4. The Hall–Kier alpha value is -2.87. The number of halogens is 1. The molecule has 4 nitrogen and oxygen atoms in total. The molecule has 1 aliphatic carbocycles. The van der Waals surface area contributed by atoms with Crippen molar-refractivity contribution in [2.75, 3.05) is 6.54 Å². The molecule has 0 unspecified atom stereocenters. The second-order valence-electron chi connectivity index (χ2n) is 7.68. The minimum absolute atomic E-state index is 0.0141. The summed E-state index contributed by atoms with van der Waals surface area (Å²) in [6.07, 6.45) is 7.62. The van der Waals surface area contributed by atoms with Crippen molar-refractivity contribution < 1.29 is 9.18 Å². The number of rotatable bonds is 8. The van der Waals surface area contributed by atoms with Gasteiger partial charge in [-0.05, 0) is 65.0 Å². The maximum atomic E-state index is 13.4. The number of carbonyl (C=O) groups excluding carboxylic acids is 1. The Morgan fingerprint density at radius 1 is 1.32 bits per heavy atom. The fourth-order valence-corrected chi connectivity index (χ4v) is 3.00. The highest BCUT2D eigenvalue weighted by atomic mass is 19.1. The minimum atomic E-state index is -0.316. The van der Waals surface area contributed by atoms with E-state index in [2.05, 4.69) is 29.9 Å². The van der Waals surface area contributed by atoms with Crippen LogP contribution in [0, 0.1) is 18.2 Å². The maximum Gasteiger partial charge on any atom is 0.255 e. The number of aliphatic imine (C=N–C) groups is 1. The van der Waals surface area contributed by atoms with Crippen LogP contribution in [0.25, 0.3) is 0 Å². The van der Waals surface area contributed by atoms with Crippen LogP contribution in [-0.4, -0.2) is 29.6 Å². The SMILES string of the molecule is C#CCN(Cc1ccc(F)cc1)C(=O)C(=C(C)C)/C(C)=C(/N=C)NC1(C)CC1. The molecule has 1 N–H and O–H groups in total. The van der Waals surface area contributed by atoms with E-state index >= 15 is 0 Å². The highest BCUT2D eigenvalue weighted by Gasteiger charge is 2.38. The van der Waals surface area contributed by atoms with E-state index in [4.69, 9.17) is 6.42 Å². The summed E-state index contributed by atoms with van der Waals surface area (Å²) in [4.78, 5) is 19.1. The van der Waals surface area contributed by atoms with Crippen LogP contribution in [0.3, 0.4) is 0 Å². The zero-order valence-electron chi connectivity index (χ0n) is 17.1. The number of nitrogens with zero attached hydrogens (tertiary/aromatic N) is 2. The highest BCUT2D eigenvalue weighted by molar-refractivity contribution is 5.98. The summed E-state index contributed by atoms with van der Waals surface area (Å²) >= 11 is 0. The first-order valence-corrected chi connectivity index (χ1v) is 9.31. The lowest BCUT2D eigenvalue weighted by molar-refractivity contribution is -0.126. The summed E-state index contributed by atoms with van der Waals surface area (Å²) in [7, 11) is 0. The minimum Gasteiger partial charge on any atom is -0.365 e. The average Bonchev–Trinajstić information content (AvgIpc) is 3.38. The van der Waals surface area contributed by atoms with Crippen molar-refractivity contribution >= 4 is 12.6 Å². The van der Waals surface area contributed by atoms with Crippen molar-refractivity contribution in [1.82, 2.24) is 10.2 Å². The largest absolute Gasteiger partial charge is 0.365 e. The average molecular weight is 381 g/mol. The van der Waals surface area contributed by atoms with Crippen molar-refractivity contribution in [2.24, 2.45) is 4.99 Å². The number of nitrogens with one attached hydrogen (secondary N) is 1. The molecule has 0 aromatic heterocycles. The lowest BCUT2D eigenvalue weighted by Crippen LogP contribution is -2.34. The Morgan fingerprint density at radius 2 is 1.93 bits per heavy atom. The molecular formula is C23H28FN3O. The molecule has 2 rings (SSSR count). The van der Waals surface area contributed by atoms with Gasteiger partial charge in [0.15, 0.2) is 0 Å². The van der Waals surface area contributed by atoms with E-state index < -0.39 is 0 Å². The Kier molecular flexibility index (Phi) is 6.80. The molecule has 1 amide bonds. The first-order chi connectivity index (χ1) is 13.2. The van der Waals surface area contributed by atoms with E-state index in [0.29, 0.717) is 17.9 Å². The first-order valence-electron chi connectivity index (χ1n) is 9.31. The predicted octanol–water partition coefficient (Wildman–Crippen LogP) is 4.20. The van der Waals surface area contributed by atoms with Crippen molar-refractivity contribution in [2.45, 2.75) is 52.6 Å². The van der Waals surface area contributed by atoms with Crippen molar-refractivity contribution in [1.29, 1.82) is 0 Å². The van der Waals surface area contributed by atoms with E-state index in [-0.39, 0.29) is 23.8 Å². The topological polar surface area (TPSA) is 44.7 Å². The van der Waals surface area contributed by atoms with Gasteiger partial charge in [0.2, 0.25) is 0 Å². The van der Waals surface area contributed by atoms with Gasteiger partial charge in [0.05, 0.1) is 6.54 Å². The fourth-order valence-electron chi connectivity index (χ4n) is 3.00. The Bertz CT molecular complexity index is 851. The molecule has 0 radical (unpaired) electrons. The molecule has 148 valence electrons. The zero-order valence-corrected chi connectivity index (χ0v) is 17.1. The molecule has 0 heterocycles. The zero-order chi connectivity index (χ0) is 20.9. The van der Waals surface area contributed by atoms with Gasteiger partial charge in [-0.2, -0.15) is 0 Å². The van der Waals surface area contributed by atoms with Crippen molar-refractivity contribution in [3.05, 3.63) is 58.2 Å². The molecule has 0 bridgehead atoms. The lowest BCUT2D eigenvalue weighted by atomic mass is 10.00. The van der Waals surface area contributed by atoms with Crippen LogP contribution < -0.4 is 5.32 Å². The smallest absolute Gasteiger partial charge is 0.255 e. The number of amides is 1. The van der Waals surface area contributed by atoms with Crippen molar-refractivity contribution in [3.8, 4) is 12.3 Å². The third kappa shape index (κ3) is 5.32. The summed E-state index contributed by atoms with van der Waals surface area (Å²) in [5, 5.41) is 3.40. The molecule has 0 atom stereocenters. The Labute approximate surface area is 167 Å². The number of benzene rings is 1. The molecule has 0 spiro atoms. The molecule has 5 heteroatoms. The molecule has 1 saturated carbocycles. The van der Waals surface area contributed by atoms with E-state index in [9.17, 15) is 9.18 Å². The third-order valence-corrected chi connectivity index (χ3v) is 4.88. The van der Waals surface area contributed by atoms with Crippen LogP contribution in [0.2, 0.25) is 0 Å². The highest BCUT2D eigenvalue weighted by Crippen LogP contribution is 2.36. The number of terminal acetylenes is 1. The first kappa shape index (κ1) is 21.4. The summed E-state index contributed by atoms with van der Waals surface area (Å²) in [5.74, 6) is 2.67. The van der Waals surface area contributed by atoms with Gasteiger partial charge in [0, 0.05) is 23.2 Å². The molecule has 0 saturated heterocycles. The molecular weight excluding hydrogens is 353 g/mol. The van der Waals surface area contributed by atoms with Gasteiger partial charge in [-0.15, -0.1) is 6.42 Å². The summed E-state index contributed by atoms with van der Waals surface area (Å²) in [6.45, 7) is 11.9. The molecule has 28 heavy (non-hydrogen) atoms. The van der Waals surface area contributed by atoms with Crippen LogP contribution in [0.5, 0.6) is 0 Å². The van der Waals surface area contributed by atoms with Crippen LogP contribution >= 0.6 is 0 Å². The van der Waals surface area contributed by atoms with E-state index in [1.807, 2.05) is 20.8 Å². The predicted molar refractivity (Wildman–Crippen MR) is 112 cm³/mol. The lowest BCUT2D eigenvalue weighted by Gasteiger charge is -2.25. The third-order valence-electron chi connectivity index (χ3n) is 4.88.